The second-order valence-electron chi connectivity index (χ2n) is 5.39. The summed E-state index contributed by atoms with van der Waals surface area (Å²) >= 11 is 0. The highest BCUT2D eigenvalue weighted by molar-refractivity contribution is 5.70. The van der Waals surface area contributed by atoms with Crippen LogP contribution in [-0.4, -0.2) is 31.8 Å². The van der Waals surface area contributed by atoms with E-state index >= 15 is 0 Å². The molecule has 1 aromatic carbocycles. The number of hydrogen-bond donors (Lipinski definition) is 2. The molecule has 0 bridgehead atoms. The number of carboxylic acids is 1. The van der Waals surface area contributed by atoms with Gasteiger partial charge >= 0.3 is 5.97 Å². The van der Waals surface area contributed by atoms with Crippen LogP contribution in [0.1, 0.15) is 31.7 Å². The zero-order valence-electron chi connectivity index (χ0n) is 13.1. The maximum absolute atomic E-state index is 11.1. The van der Waals surface area contributed by atoms with E-state index in [1.54, 1.807) is 14.2 Å². The van der Waals surface area contributed by atoms with E-state index in [4.69, 9.17) is 20.3 Å². The van der Waals surface area contributed by atoms with E-state index in [9.17, 15) is 4.79 Å². The van der Waals surface area contributed by atoms with Crippen LogP contribution in [0.2, 0.25) is 0 Å². The lowest BCUT2D eigenvalue weighted by Crippen LogP contribution is -2.26. The molecule has 0 saturated carbocycles. The van der Waals surface area contributed by atoms with Crippen molar-refractivity contribution in [2.45, 2.75) is 26.2 Å². The Morgan fingerprint density at radius 2 is 1.86 bits per heavy atom. The molecule has 0 aliphatic heterocycles. The predicted molar refractivity (Wildman–Crippen MR) is 81.9 cm³/mol. The minimum Gasteiger partial charge on any atom is -0.493 e. The maximum atomic E-state index is 11.1. The number of ether oxygens (including phenoxy) is 2. The number of carbonyl (C=O) groups is 1. The Hall–Kier alpha value is -1.75. The van der Waals surface area contributed by atoms with Crippen molar-refractivity contribution in [2.24, 2.45) is 17.6 Å². The van der Waals surface area contributed by atoms with E-state index in [2.05, 4.69) is 6.92 Å². The number of aliphatic carboxylic acids is 1. The summed E-state index contributed by atoms with van der Waals surface area (Å²) in [7, 11) is 3.20. The average Bonchev–Trinajstić information content (AvgIpc) is 2.50. The molecule has 0 spiro atoms. The van der Waals surface area contributed by atoms with Crippen LogP contribution in [0.3, 0.4) is 0 Å². The van der Waals surface area contributed by atoms with Crippen molar-refractivity contribution >= 4 is 5.97 Å². The van der Waals surface area contributed by atoms with Gasteiger partial charge in [0.1, 0.15) is 0 Å². The first-order valence-electron chi connectivity index (χ1n) is 7.09. The zero-order valence-corrected chi connectivity index (χ0v) is 13.1. The fourth-order valence-electron chi connectivity index (χ4n) is 2.42. The lowest BCUT2D eigenvalue weighted by Gasteiger charge is -2.23. The van der Waals surface area contributed by atoms with E-state index in [1.165, 1.54) is 0 Å². The summed E-state index contributed by atoms with van der Waals surface area (Å²) in [6.07, 6.45) is 0.557. The van der Waals surface area contributed by atoms with Crippen LogP contribution in [0.5, 0.6) is 11.5 Å². The predicted octanol–water partition coefficient (Wildman–Crippen LogP) is 2.49. The molecule has 0 amide bonds. The van der Waals surface area contributed by atoms with Crippen LogP contribution >= 0.6 is 0 Å². The number of benzene rings is 1. The van der Waals surface area contributed by atoms with Crippen molar-refractivity contribution in [3.8, 4) is 11.5 Å². The van der Waals surface area contributed by atoms with Crippen LogP contribution in [0.25, 0.3) is 0 Å². The lowest BCUT2D eigenvalue weighted by molar-refractivity contribution is -0.142. The Morgan fingerprint density at radius 3 is 2.33 bits per heavy atom. The number of carboxylic acid groups (broad SMARTS) is 1. The minimum absolute atomic E-state index is 0.165. The standard InChI is InChI=1S/C16H25NO4/c1-10(7-13(9-17)16(18)19)11(2)12-5-6-14(20-3)15(8-12)21-4/h5-6,8,10-11,13H,7,9,17H2,1-4H3,(H,18,19). The van der Waals surface area contributed by atoms with E-state index in [-0.39, 0.29) is 18.4 Å². The third-order valence-electron chi connectivity index (χ3n) is 4.08. The third kappa shape index (κ3) is 4.36. The Labute approximate surface area is 126 Å². The molecule has 0 radical (unpaired) electrons. The molecule has 0 saturated heterocycles. The van der Waals surface area contributed by atoms with Crippen molar-refractivity contribution in [1.29, 1.82) is 0 Å². The molecule has 0 heterocycles. The molecule has 1 aromatic rings. The van der Waals surface area contributed by atoms with Crippen LogP contribution < -0.4 is 15.2 Å². The van der Waals surface area contributed by atoms with Gasteiger partial charge in [0.05, 0.1) is 20.1 Å². The van der Waals surface area contributed by atoms with Crippen molar-refractivity contribution in [3.05, 3.63) is 23.8 Å². The Morgan fingerprint density at radius 1 is 1.24 bits per heavy atom. The molecule has 3 N–H and O–H groups in total. The van der Waals surface area contributed by atoms with Gasteiger partial charge in [0, 0.05) is 6.54 Å². The van der Waals surface area contributed by atoms with E-state index in [0.717, 1.165) is 5.56 Å². The monoisotopic (exact) mass is 295 g/mol. The van der Waals surface area contributed by atoms with E-state index in [1.807, 2.05) is 25.1 Å². The fraction of sp³-hybridized carbons (Fsp3) is 0.562. The van der Waals surface area contributed by atoms with Gasteiger partial charge in [-0.1, -0.05) is 19.9 Å². The molecule has 0 aliphatic rings. The van der Waals surface area contributed by atoms with Crippen LogP contribution in [0.4, 0.5) is 0 Å². The third-order valence-corrected chi connectivity index (χ3v) is 4.08. The minimum atomic E-state index is -0.830. The molecule has 0 aliphatic carbocycles. The number of hydrogen-bond acceptors (Lipinski definition) is 4. The fourth-order valence-corrected chi connectivity index (χ4v) is 2.42. The maximum Gasteiger partial charge on any atom is 0.307 e. The molecular formula is C16H25NO4. The van der Waals surface area contributed by atoms with Gasteiger partial charge in [-0.25, -0.2) is 0 Å². The normalized spacial score (nSPS) is 15.1. The van der Waals surface area contributed by atoms with Gasteiger partial charge in [0.15, 0.2) is 11.5 Å². The van der Waals surface area contributed by atoms with Crippen molar-refractivity contribution in [1.82, 2.24) is 0 Å². The molecule has 118 valence electrons. The first-order chi connectivity index (χ1) is 9.94. The van der Waals surface area contributed by atoms with Crippen LogP contribution in [-0.2, 0) is 4.79 Å². The van der Waals surface area contributed by atoms with E-state index < -0.39 is 11.9 Å². The van der Waals surface area contributed by atoms with Gasteiger partial charge in [-0.15, -0.1) is 0 Å². The molecule has 0 fully saturated rings. The van der Waals surface area contributed by atoms with Gasteiger partial charge < -0.3 is 20.3 Å². The summed E-state index contributed by atoms with van der Waals surface area (Å²) in [5.74, 6) is 0.451. The SMILES string of the molecule is COc1ccc(C(C)C(C)CC(CN)C(=O)O)cc1OC. The van der Waals surface area contributed by atoms with Gasteiger partial charge in [-0.3, -0.25) is 4.79 Å². The Bertz CT molecular complexity index is 475. The van der Waals surface area contributed by atoms with Crippen LogP contribution in [0, 0.1) is 11.8 Å². The van der Waals surface area contributed by atoms with Crippen molar-refractivity contribution < 1.29 is 19.4 Å². The molecule has 3 atom stereocenters. The van der Waals surface area contributed by atoms with Gasteiger partial charge in [0.25, 0.3) is 0 Å². The van der Waals surface area contributed by atoms with Gasteiger partial charge in [0.2, 0.25) is 0 Å². The first kappa shape index (κ1) is 17.3. The lowest BCUT2D eigenvalue weighted by atomic mass is 9.82. The molecule has 3 unspecified atom stereocenters. The molecule has 0 aromatic heterocycles. The quantitative estimate of drug-likeness (QED) is 0.770. The summed E-state index contributed by atoms with van der Waals surface area (Å²) in [5, 5.41) is 9.11. The summed E-state index contributed by atoms with van der Waals surface area (Å²) in [6.45, 7) is 4.30. The molecular weight excluding hydrogens is 270 g/mol. The van der Waals surface area contributed by atoms with Gasteiger partial charge in [-0.05, 0) is 36.0 Å². The summed E-state index contributed by atoms with van der Waals surface area (Å²) in [5.41, 5.74) is 6.63. The smallest absolute Gasteiger partial charge is 0.307 e. The number of nitrogens with two attached hydrogens (primary N) is 1. The highest BCUT2D eigenvalue weighted by Gasteiger charge is 2.23. The highest BCUT2D eigenvalue weighted by atomic mass is 16.5. The molecule has 5 nitrogen and oxygen atoms in total. The first-order valence-corrected chi connectivity index (χ1v) is 7.09. The summed E-state index contributed by atoms with van der Waals surface area (Å²) in [6, 6.07) is 5.80. The van der Waals surface area contributed by atoms with Crippen molar-refractivity contribution in [2.75, 3.05) is 20.8 Å². The highest BCUT2D eigenvalue weighted by Crippen LogP contribution is 2.34. The second-order valence-corrected chi connectivity index (χ2v) is 5.39. The molecule has 5 heteroatoms. The Kier molecular flexibility index (Phi) is 6.49. The summed E-state index contributed by atoms with van der Waals surface area (Å²) in [4.78, 5) is 11.1. The molecule has 21 heavy (non-hydrogen) atoms. The molecule has 1 rings (SSSR count). The Balaban J connectivity index is 2.87. The average molecular weight is 295 g/mol. The van der Waals surface area contributed by atoms with Crippen LogP contribution in [0.15, 0.2) is 18.2 Å². The van der Waals surface area contributed by atoms with E-state index in [0.29, 0.717) is 17.9 Å². The number of rotatable bonds is 8. The number of methoxy groups -OCH3 is 2. The largest absolute Gasteiger partial charge is 0.493 e. The zero-order chi connectivity index (χ0) is 16.0. The van der Waals surface area contributed by atoms with Gasteiger partial charge in [-0.2, -0.15) is 0 Å². The second kappa shape index (κ2) is 7.88. The van der Waals surface area contributed by atoms with Crippen molar-refractivity contribution in [3.63, 3.8) is 0 Å². The topological polar surface area (TPSA) is 81.8 Å². The summed E-state index contributed by atoms with van der Waals surface area (Å²) < 4.78 is 10.5.